The minimum atomic E-state index is -0.486. The minimum Gasteiger partial charge on any atom is -0.349 e. The number of benzene rings is 6. The molecular formula is C65H58N4. The van der Waals surface area contributed by atoms with Crippen molar-refractivity contribution in [3.05, 3.63) is 245 Å². The number of para-hydroxylation sites is 1. The molecule has 6 atom stereocenters. The Hall–Kier alpha value is -7.43. The molecule has 0 amide bonds. The quantitative estimate of drug-likeness (QED) is 0.166. The number of allylic oxidation sites excluding steroid dienone is 10. The second kappa shape index (κ2) is 15.5. The average molecular weight is 895 g/mol. The predicted octanol–water partition coefficient (Wildman–Crippen LogP) is 15.5. The van der Waals surface area contributed by atoms with Crippen molar-refractivity contribution in [2.75, 3.05) is 11.9 Å². The number of amidine groups is 1. The van der Waals surface area contributed by atoms with Crippen molar-refractivity contribution in [1.29, 1.82) is 0 Å². The normalized spacial score (nSPS) is 26.5. The standard InChI is InChI=1S/C65H58N4/c1-43-19-10-14-27-56(43)69-61-54(58-51-25-12-11-22-46(51)35-40-65(58,69)4)34-33-53-52-26-13-15-28-57(52)68(60(53)61)50-36-39-64(3)55(42-50)59(48-23-18-24-49(41-48)63(2)37-16-7-17-38-63)67(5)62(66-64)47-31-29-45(30-32-47)44-20-8-6-9-21-44/h6-18,20-37,40-43,58-59H,19,38-39H2,1-5H3. The second-order valence-electron chi connectivity index (χ2n) is 21.0. The molecule has 0 fully saturated rings. The van der Waals surface area contributed by atoms with Gasteiger partial charge in [0.15, 0.2) is 0 Å². The lowest BCUT2D eigenvalue weighted by molar-refractivity contribution is 0.337. The van der Waals surface area contributed by atoms with Crippen LogP contribution in [-0.4, -0.2) is 33.4 Å². The van der Waals surface area contributed by atoms with E-state index in [1.807, 2.05) is 0 Å². The smallest absolute Gasteiger partial charge is 0.132 e. The lowest BCUT2D eigenvalue weighted by atomic mass is 9.73. The van der Waals surface area contributed by atoms with E-state index >= 15 is 0 Å². The molecule has 0 bridgehead atoms. The Balaban J connectivity index is 1.03. The Kier molecular flexibility index (Phi) is 9.40. The van der Waals surface area contributed by atoms with Gasteiger partial charge < -0.3 is 14.4 Å². The number of rotatable bonds is 6. The van der Waals surface area contributed by atoms with Crippen LogP contribution in [0, 0.1) is 5.92 Å². The van der Waals surface area contributed by atoms with Gasteiger partial charge in [0.1, 0.15) is 5.84 Å². The fraction of sp³-hybridized carbons (Fsp3) is 0.215. The van der Waals surface area contributed by atoms with Crippen molar-refractivity contribution >= 4 is 45.1 Å². The average Bonchev–Trinajstić information content (AvgIpc) is 3.86. The Labute approximate surface area is 407 Å². The molecule has 0 N–H and O–H groups in total. The zero-order chi connectivity index (χ0) is 46.6. The molecule has 6 unspecified atom stereocenters. The predicted molar refractivity (Wildman–Crippen MR) is 290 cm³/mol. The van der Waals surface area contributed by atoms with Gasteiger partial charge in [-0.25, -0.2) is 0 Å². The first-order valence-corrected chi connectivity index (χ1v) is 25.0. The topological polar surface area (TPSA) is 23.8 Å². The van der Waals surface area contributed by atoms with E-state index < -0.39 is 5.54 Å². The van der Waals surface area contributed by atoms with Crippen LogP contribution in [0.25, 0.3) is 44.7 Å². The number of hydrogen-bond acceptors (Lipinski definition) is 3. The highest BCUT2D eigenvalue weighted by Crippen LogP contribution is 2.60. The maximum atomic E-state index is 5.82. The highest BCUT2D eigenvalue weighted by molar-refractivity contribution is 6.16. The van der Waals surface area contributed by atoms with E-state index in [-0.39, 0.29) is 22.9 Å². The molecule has 338 valence electrons. The fourth-order valence-corrected chi connectivity index (χ4v) is 12.9. The van der Waals surface area contributed by atoms with Crippen LogP contribution >= 0.6 is 0 Å². The van der Waals surface area contributed by atoms with E-state index in [1.54, 1.807) is 0 Å². The molecule has 4 heteroatoms. The third-order valence-corrected chi connectivity index (χ3v) is 16.6. The summed E-state index contributed by atoms with van der Waals surface area (Å²) in [4.78, 5) is 11.0. The summed E-state index contributed by atoms with van der Waals surface area (Å²) >= 11 is 0. The zero-order valence-corrected chi connectivity index (χ0v) is 40.3. The highest BCUT2D eigenvalue weighted by Gasteiger charge is 2.53. The van der Waals surface area contributed by atoms with Crippen molar-refractivity contribution < 1.29 is 0 Å². The molecule has 4 aliphatic carbocycles. The summed E-state index contributed by atoms with van der Waals surface area (Å²) in [5, 5.41) is 2.56. The van der Waals surface area contributed by atoms with Crippen molar-refractivity contribution in [2.45, 2.75) is 75.4 Å². The van der Waals surface area contributed by atoms with Gasteiger partial charge in [-0.1, -0.05) is 202 Å². The molecule has 2 aliphatic heterocycles. The maximum absolute atomic E-state index is 5.82. The van der Waals surface area contributed by atoms with Crippen LogP contribution in [0.5, 0.6) is 0 Å². The molecule has 6 aromatic carbocycles. The Bertz CT molecular complexity index is 3520. The number of aromatic nitrogens is 1. The van der Waals surface area contributed by atoms with E-state index in [4.69, 9.17) is 4.99 Å². The van der Waals surface area contributed by atoms with Gasteiger partial charge in [0.25, 0.3) is 0 Å². The molecule has 0 radical (unpaired) electrons. The Morgan fingerprint density at radius 1 is 0.667 bits per heavy atom. The van der Waals surface area contributed by atoms with E-state index in [9.17, 15) is 0 Å². The Morgan fingerprint density at radius 3 is 2.28 bits per heavy atom. The summed E-state index contributed by atoms with van der Waals surface area (Å²) < 4.78 is 2.62. The van der Waals surface area contributed by atoms with E-state index in [2.05, 4.69) is 255 Å². The van der Waals surface area contributed by atoms with Crippen LogP contribution in [0.3, 0.4) is 0 Å². The summed E-state index contributed by atoms with van der Waals surface area (Å²) in [6.07, 6.45) is 28.7. The number of aliphatic imine (C=N–C) groups is 1. The molecular weight excluding hydrogens is 837 g/mol. The molecule has 6 aliphatic rings. The lowest BCUT2D eigenvalue weighted by Gasteiger charge is -2.46. The maximum Gasteiger partial charge on any atom is 0.132 e. The third-order valence-electron chi connectivity index (χ3n) is 16.6. The van der Waals surface area contributed by atoms with Crippen molar-refractivity contribution in [3.8, 4) is 11.1 Å². The summed E-state index contributed by atoms with van der Waals surface area (Å²) in [5.74, 6) is 1.55. The molecule has 69 heavy (non-hydrogen) atoms. The summed E-state index contributed by atoms with van der Waals surface area (Å²) in [7, 11) is 2.26. The van der Waals surface area contributed by atoms with Gasteiger partial charge in [-0.2, -0.15) is 0 Å². The van der Waals surface area contributed by atoms with Crippen molar-refractivity contribution in [1.82, 2.24) is 9.47 Å². The molecule has 13 rings (SSSR count). The minimum absolute atomic E-state index is 0.0644. The number of anilines is 1. The lowest BCUT2D eigenvalue weighted by Crippen LogP contribution is -2.47. The monoisotopic (exact) mass is 894 g/mol. The highest BCUT2D eigenvalue weighted by atomic mass is 15.3. The number of hydrogen-bond donors (Lipinski definition) is 0. The SMILES string of the molecule is CC1CC=CC=C1N1c2c(ccc3c4ccccc4n(C4=CCC5(C)N=C(c6ccc(-c7ccccc7)cc6)N(C)C(c6cccc(C7(C)C=CC=CC7)c6)C5=C4)c23)C2c3ccccc3C=CC21C. The summed E-state index contributed by atoms with van der Waals surface area (Å²) in [6.45, 7) is 9.62. The number of likely N-dealkylation sites (N-methyl/N-ethyl adjacent to an activating group) is 1. The third kappa shape index (κ3) is 6.30. The second-order valence-corrected chi connectivity index (χ2v) is 21.0. The van der Waals surface area contributed by atoms with Crippen molar-refractivity contribution in [2.24, 2.45) is 10.9 Å². The number of nitrogens with zero attached hydrogens (tertiary/aromatic N) is 4. The van der Waals surface area contributed by atoms with Gasteiger partial charge >= 0.3 is 0 Å². The van der Waals surface area contributed by atoms with Crippen LogP contribution < -0.4 is 4.90 Å². The molecule has 0 saturated carbocycles. The van der Waals surface area contributed by atoms with Gasteiger partial charge in [0.05, 0.1) is 33.8 Å². The molecule has 4 nitrogen and oxygen atoms in total. The van der Waals surface area contributed by atoms with Crippen LogP contribution in [0.2, 0.25) is 0 Å². The Morgan fingerprint density at radius 2 is 1.45 bits per heavy atom. The van der Waals surface area contributed by atoms with Gasteiger partial charge in [-0.3, -0.25) is 4.99 Å². The first-order chi connectivity index (χ1) is 33.6. The molecule has 1 aromatic heterocycles. The van der Waals surface area contributed by atoms with Crippen LogP contribution in [0.4, 0.5) is 5.69 Å². The van der Waals surface area contributed by atoms with E-state index in [1.165, 1.54) is 83.4 Å². The van der Waals surface area contributed by atoms with Crippen molar-refractivity contribution in [3.63, 3.8) is 0 Å². The van der Waals surface area contributed by atoms with E-state index in [0.29, 0.717) is 5.92 Å². The first kappa shape index (κ1) is 41.7. The van der Waals surface area contributed by atoms with Gasteiger partial charge in [-0.05, 0) is 102 Å². The zero-order valence-electron chi connectivity index (χ0n) is 40.3. The van der Waals surface area contributed by atoms with Crippen LogP contribution in [-0.2, 0) is 5.41 Å². The largest absolute Gasteiger partial charge is 0.349 e. The van der Waals surface area contributed by atoms with Crippen LogP contribution in [0.15, 0.2) is 217 Å². The summed E-state index contributed by atoms with van der Waals surface area (Å²) in [5.41, 5.74) is 17.1. The van der Waals surface area contributed by atoms with Gasteiger partial charge in [0, 0.05) is 46.1 Å². The molecule has 0 spiro atoms. The molecule has 3 heterocycles. The number of fused-ring (bicyclic) bond motifs is 10. The molecule has 7 aromatic rings. The van der Waals surface area contributed by atoms with E-state index in [0.717, 1.165) is 30.7 Å². The fourth-order valence-electron chi connectivity index (χ4n) is 12.9. The van der Waals surface area contributed by atoms with Gasteiger partial charge in [0.2, 0.25) is 0 Å². The molecule has 0 saturated heterocycles. The van der Waals surface area contributed by atoms with Crippen LogP contribution in [0.1, 0.15) is 92.3 Å². The first-order valence-electron chi connectivity index (χ1n) is 25.0. The summed E-state index contributed by atoms with van der Waals surface area (Å²) in [6, 6.07) is 52.1. The van der Waals surface area contributed by atoms with Gasteiger partial charge in [-0.15, -0.1) is 0 Å².